The maximum absolute atomic E-state index is 14.1. The second-order valence-corrected chi connectivity index (χ2v) is 10.4. The van der Waals surface area contributed by atoms with Crippen LogP contribution in [0, 0.1) is 13.8 Å². The van der Waals surface area contributed by atoms with E-state index in [-0.39, 0.29) is 18.2 Å². The topological polar surface area (TPSA) is 80.7 Å². The number of carbonyl (C=O) groups excluding carboxylic acids is 1. The van der Waals surface area contributed by atoms with E-state index >= 15 is 0 Å². The van der Waals surface area contributed by atoms with Gasteiger partial charge >= 0.3 is 6.18 Å². The second kappa shape index (κ2) is 12.1. The Labute approximate surface area is 252 Å². The van der Waals surface area contributed by atoms with Crippen LogP contribution in [0.5, 0.6) is 5.75 Å². The quantitative estimate of drug-likeness (QED) is 0.228. The van der Waals surface area contributed by atoms with Crippen molar-refractivity contribution in [3.05, 3.63) is 101 Å². The standard InChI is InChI=1S/C31H30F3N5O3S/c1-18-15-21(19(2)38(18)25-11-6-5-9-22(25)31(32,33)34)29-28(23-10-7-8-14-35-23)37-30(43)39(29)20-12-13-26(42-4)24(16-20)36-27(40)17-41-3/h5-16,28-29H,17H2,1-4H3,(H,36,40)(H,37,43)/t28-,29-/m1/s1. The Bertz CT molecular complexity index is 1660. The molecule has 224 valence electrons. The summed E-state index contributed by atoms with van der Waals surface area (Å²) in [6, 6.07) is 17.3. The van der Waals surface area contributed by atoms with E-state index in [4.69, 9.17) is 21.7 Å². The summed E-state index contributed by atoms with van der Waals surface area (Å²) in [6.07, 6.45) is -2.86. The molecule has 0 radical (unpaired) electrons. The van der Waals surface area contributed by atoms with Crippen LogP contribution in [0.4, 0.5) is 24.5 Å². The van der Waals surface area contributed by atoms with Crippen molar-refractivity contribution >= 4 is 34.6 Å². The first-order valence-corrected chi connectivity index (χ1v) is 13.8. The van der Waals surface area contributed by atoms with Crippen LogP contribution in [0.1, 0.15) is 40.3 Å². The van der Waals surface area contributed by atoms with Gasteiger partial charge in [-0.05, 0) is 80.2 Å². The summed E-state index contributed by atoms with van der Waals surface area (Å²) < 4.78 is 54.2. The number of nitrogens with zero attached hydrogens (tertiary/aromatic N) is 3. The van der Waals surface area contributed by atoms with Crippen LogP contribution in [0.3, 0.4) is 0 Å². The number of rotatable bonds is 8. The van der Waals surface area contributed by atoms with E-state index in [0.717, 1.165) is 11.6 Å². The third-order valence-electron chi connectivity index (χ3n) is 7.35. The van der Waals surface area contributed by atoms with E-state index in [0.29, 0.717) is 39.3 Å². The van der Waals surface area contributed by atoms with Crippen LogP contribution in [-0.2, 0) is 15.7 Å². The number of pyridine rings is 1. The number of thiocarbonyl (C=S) groups is 1. The molecular weight excluding hydrogens is 579 g/mol. The Morgan fingerprint density at radius 3 is 2.49 bits per heavy atom. The van der Waals surface area contributed by atoms with Crippen LogP contribution in [-0.4, -0.2) is 41.4 Å². The molecule has 2 aromatic heterocycles. The Balaban J connectivity index is 1.68. The fraction of sp³-hybridized carbons (Fsp3) is 0.258. The van der Waals surface area contributed by atoms with E-state index < -0.39 is 23.8 Å². The third-order valence-corrected chi connectivity index (χ3v) is 7.66. The molecule has 5 rings (SSSR count). The van der Waals surface area contributed by atoms with E-state index in [2.05, 4.69) is 15.6 Å². The minimum atomic E-state index is -4.54. The van der Waals surface area contributed by atoms with E-state index in [1.54, 1.807) is 42.8 Å². The second-order valence-electron chi connectivity index (χ2n) is 10.0. The molecule has 12 heteroatoms. The molecule has 43 heavy (non-hydrogen) atoms. The Hall–Kier alpha value is -4.42. The minimum Gasteiger partial charge on any atom is -0.495 e. The van der Waals surface area contributed by atoms with Crippen LogP contribution in [0.15, 0.2) is 72.9 Å². The summed E-state index contributed by atoms with van der Waals surface area (Å²) in [5, 5.41) is 6.57. The highest BCUT2D eigenvalue weighted by Gasteiger charge is 2.43. The van der Waals surface area contributed by atoms with Gasteiger partial charge in [0.15, 0.2) is 5.11 Å². The van der Waals surface area contributed by atoms with Gasteiger partial charge in [0.25, 0.3) is 0 Å². The molecule has 0 unspecified atom stereocenters. The highest BCUT2D eigenvalue weighted by atomic mass is 32.1. The first-order valence-electron chi connectivity index (χ1n) is 13.4. The molecule has 0 spiro atoms. The van der Waals surface area contributed by atoms with Crippen molar-refractivity contribution in [1.29, 1.82) is 0 Å². The van der Waals surface area contributed by atoms with Gasteiger partial charge < -0.3 is 29.6 Å². The molecule has 2 N–H and O–H groups in total. The lowest BCUT2D eigenvalue weighted by Gasteiger charge is -2.29. The minimum absolute atomic E-state index is 0.0401. The molecular formula is C31H30F3N5O3S. The number of halogens is 3. The zero-order valence-electron chi connectivity index (χ0n) is 23.9. The molecule has 3 heterocycles. The summed E-state index contributed by atoms with van der Waals surface area (Å²) in [5.74, 6) is 0.0703. The summed E-state index contributed by atoms with van der Waals surface area (Å²) in [5.41, 5.74) is 3.08. The summed E-state index contributed by atoms with van der Waals surface area (Å²) >= 11 is 5.85. The smallest absolute Gasteiger partial charge is 0.418 e. The summed E-state index contributed by atoms with van der Waals surface area (Å²) in [4.78, 5) is 18.8. The van der Waals surface area contributed by atoms with E-state index in [1.807, 2.05) is 35.2 Å². The monoisotopic (exact) mass is 609 g/mol. The molecule has 2 aromatic carbocycles. The van der Waals surface area contributed by atoms with Crippen LogP contribution < -0.4 is 20.3 Å². The van der Waals surface area contributed by atoms with Gasteiger partial charge in [0, 0.05) is 30.4 Å². The molecule has 0 bridgehead atoms. The third kappa shape index (κ3) is 5.80. The fourth-order valence-corrected chi connectivity index (χ4v) is 5.92. The maximum atomic E-state index is 14.1. The molecule has 2 atom stereocenters. The van der Waals surface area contributed by atoms with Crippen molar-refractivity contribution in [2.75, 3.05) is 31.0 Å². The molecule has 0 saturated carbocycles. The number of nitrogens with one attached hydrogen (secondary N) is 2. The first-order chi connectivity index (χ1) is 20.5. The number of anilines is 2. The van der Waals surface area contributed by atoms with Crippen molar-refractivity contribution in [1.82, 2.24) is 14.9 Å². The Kier molecular flexibility index (Phi) is 8.43. The van der Waals surface area contributed by atoms with Crippen LogP contribution in [0.25, 0.3) is 5.69 Å². The Morgan fingerprint density at radius 1 is 1.07 bits per heavy atom. The van der Waals surface area contributed by atoms with Crippen LogP contribution in [0.2, 0.25) is 0 Å². The highest BCUT2D eigenvalue weighted by molar-refractivity contribution is 7.80. The fourth-order valence-electron chi connectivity index (χ4n) is 5.58. The van der Waals surface area contributed by atoms with Gasteiger partial charge in [0.1, 0.15) is 12.4 Å². The van der Waals surface area contributed by atoms with Crippen LogP contribution >= 0.6 is 12.2 Å². The van der Waals surface area contributed by atoms with E-state index in [9.17, 15) is 18.0 Å². The van der Waals surface area contributed by atoms with Gasteiger partial charge in [0.05, 0.1) is 41.8 Å². The average Bonchev–Trinajstić information content (AvgIpc) is 3.47. The summed E-state index contributed by atoms with van der Waals surface area (Å²) in [7, 11) is 2.92. The molecule has 1 aliphatic heterocycles. The van der Waals surface area contributed by atoms with Crippen molar-refractivity contribution in [2.45, 2.75) is 32.1 Å². The van der Waals surface area contributed by atoms with Crippen molar-refractivity contribution < 1.29 is 27.4 Å². The molecule has 1 saturated heterocycles. The number of aromatic nitrogens is 2. The van der Waals surface area contributed by atoms with Crippen molar-refractivity contribution in [2.24, 2.45) is 0 Å². The number of benzene rings is 2. The zero-order chi connectivity index (χ0) is 30.9. The predicted octanol–water partition coefficient (Wildman–Crippen LogP) is 6.28. The van der Waals surface area contributed by atoms with Crippen molar-refractivity contribution in [3.63, 3.8) is 0 Å². The van der Waals surface area contributed by atoms with Gasteiger partial charge in [-0.1, -0.05) is 18.2 Å². The number of alkyl halides is 3. The molecule has 8 nitrogen and oxygen atoms in total. The largest absolute Gasteiger partial charge is 0.495 e. The van der Waals surface area contributed by atoms with Gasteiger partial charge in [-0.2, -0.15) is 13.2 Å². The number of amides is 1. The van der Waals surface area contributed by atoms with Gasteiger partial charge in [-0.3, -0.25) is 9.78 Å². The van der Waals surface area contributed by atoms with E-state index in [1.165, 1.54) is 26.4 Å². The SMILES string of the molecule is COCC(=O)Nc1cc(N2C(=S)N[C@H](c3ccccn3)[C@H]2c2cc(C)n(-c3ccccc3C(F)(F)F)c2C)ccc1OC. The predicted molar refractivity (Wildman–Crippen MR) is 162 cm³/mol. The molecule has 0 aliphatic carbocycles. The lowest BCUT2D eigenvalue weighted by Crippen LogP contribution is -2.29. The number of hydrogen-bond acceptors (Lipinski definition) is 5. The van der Waals surface area contributed by atoms with Crippen molar-refractivity contribution in [3.8, 4) is 11.4 Å². The maximum Gasteiger partial charge on any atom is 0.418 e. The zero-order valence-corrected chi connectivity index (χ0v) is 24.7. The number of carbonyl (C=O) groups is 1. The average molecular weight is 610 g/mol. The van der Waals surface area contributed by atoms with Gasteiger partial charge in [0.2, 0.25) is 5.91 Å². The first kappa shape index (κ1) is 30.1. The number of ether oxygens (including phenoxy) is 2. The van der Waals surface area contributed by atoms with Gasteiger partial charge in [-0.15, -0.1) is 0 Å². The lowest BCUT2D eigenvalue weighted by molar-refractivity contribution is -0.137. The number of methoxy groups -OCH3 is 2. The Morgan fingerprint density at radius 2 is 1.81 bits per heavy atom. The number of hydrogen-bond donors (Lipinski definition) is 2. The number of para-hydroxylation sites is 1. The lowest BCUT2D eigenvalue weighted by atomic mass is 9.96. The molecule has 1 aliphatic rings. The molecule has 4 aromatic rings. The number of aryl methyl sites for hydroxylation is 1. The highest BCUT2D eigenvalue weighted by Crippen LogP contribution is 2.45. The normalized spacial score (nSPS) is 16.7. The van der Waals surface area contributed by atoms with Gasteiger partial charge in [-0.25, -0.2) is 0 Å². The summed E-state index contributed by atoms with van der Waals surface area (Å²) in [6.45, 7) is 3.43. The molecule has 1 amide bonds. The molecule has 1 fully saturated rings.